The number of hydrogen-bond donors (Lipinski definition) is 1. The fourth-order valence-corrected chi connectivity index (χ4v) is 8.09. The van der Waals surface area contributed by atoms with Gasteiger partial charge in [0.2, 0.25) is 5.91 Å². The van der Waals surface area contributed by atoms with Crippen LogP contribution < -0.4 is 15.3 Å². The molecule has 0 spiro atoms. The number of benzene rings is 5. The average molecular weight is 685 g/mol. The highest BCUT2D eigenvalue weighted by atomic mass is 35.5. The Labute approximate surface area is 285 Å². The third-order valence-corrected chi connectivity index (χ3v) is 10.6. The van der Waals surface area contributed by atoms with Crippen LogP contribution in [0, 0.1) is 0 Å². The van der Waals surface area contributed by atoms with Crippen LogP contribution >= 0.6 is 46.7 Å². The van der Waals surface area contributed by atoms with E-state index in [9.17, 15) is 9.59 Å². The molecule has 7 rings (SSSR count). The van der Waals surface area contributed by atoms with Crippen LogP contribution in [-0.4, -0.2) is 17.4 Å². The third kappa shape index (κ3) is 5.82. The van der Waals surface area contributed by atoms with Gasteiger partial charge in [-0.1, -0.05) is 101 Å². The van der Waals surface area contributed by atoms with Gasteiger partial charge >= 0.3 is 5.97 Å². The Morgan fingerprint density at radius 3 is 1.93 bits per heavy atom. The number of carbonyl (C=O) groups excluding carboxylic acids is 2. The maximum absolute atomic E-state index is 14.5. The lowest BCUT2D eigenvalue weighted by Crippen LogP contribution is -2.57. The van der Waals surface area contributed by atoms with Crippen LogP contribution in [0.15, 0.2) is 135 Å². The molecule has 2 aliphatic rings. The number of nitrogens with one attached hydrogen (secondary N) is 1. The molecule has 6 nitrogen and oxygen atoms in total. The minimum Gasteiger partial charge on any atom is -0.350 e. The van der Waals surface area contributed by atoms with Crippen molar-refractivity contribution in [2.75, 3.05) is 9.96 Å². The minimum atomic E-state index is -1.43. The molecule has 5 aromatic rings. The number of carbonyl (C=O) groups is 2. The molecule has 46 heavy (non-hydrogen) atoms. The van der Waals surface area contributed by atoms with E-state index in [4.69, 9.17) is 28.0 Å². The highest BCUT2D eigenvalue weighted by Crippen LogP contribution is 2.53. The predicted molar refractivity (Wildman–Crippen MR) is 186 cm³/mol. The predicted octanol–water partition coefficient (Wildman–Crippen LogP) is 9.82. The van der Waals surface area contributed by atoms with Gasteiger partial charge in [-0.25, -0.2) is 4.79 Å². The van der Waals surface area contributed by atoms with Gasteiger partial charge in [-0.05, 0) is 73.2 Å². The van der Waals surface area contributed by atoms with E-state index in [2.05, 4.69) is 5.32 Å². The van der Waals surface area contributed by atoms with Crippen LogP contribution in [0.4, 0.5) is 22.7 Å². The number of fused-ring (bicyclic) bond motifs is 4. The molecule has 0 bridgehead atoms. The Hall–Kier alpha value is -4.08. The van der Waals surface area contributed by atoms with E-state index in [1.807, 2.05) is 114 Å². The number of halogens is 2. The summed E-state index contributed by atoms with van der Waals surface area (Å²) in [6.07, 6.45) is -0.277. The van der Waals surface area contributed by atoms with Crippen LogP contribution in [0.1, 0.15) is 18.9 Å². The fourth-order valence-electron chi connectivity index (χ4n) is 5.70. The topological polar surface area (TPSA) is 61.9 Å². The van der Waals surface area contributed by atoms with Crippen LogP contribution in [0.2, 0.25) is 10.0 Å². The van der Waals surface area contributed by atoms with Crippen molar-refractivity contribution >= 4 is 81.4 Å². The molecule has 0 saturated carbocycles. The summed E-state index contributed by atoms with van der Waals surface area (Å²) in [7, 11) is 0. The van der Waals surface area contributed by atoms with Gasteiger partial charge in [-0.2, -0.15) is 5.06 Å². The maximum Gasteiger partial charge on any atom is 0.335 e. The first-order chi connectivity index (χ1) is 22.3. The van der Waals surface area contributed by atoms with Crippen molar-refractivity contribution in [2.24, 2.45) is 0 Å². The second-order valence-electron chi connectivity index (χ2n) is 11.1. The third-order valence-electron chi connectivity index (χ3n) is 7.89. The number of para-hydroxylation sites is 2. The lowest BCUT2D eigenvalue weighted by atomic mass is 9.91. The van der Waals surface area contributed by atoms with Gasteiger partial charge in [0.25, 0.3) is 0 Å². The van der Waals surface area contributed by atoms with E-state index < -0.39 is 11.5 Å². The highest BCUT2D eigenvalue weighted by Gasteiger charge is 2.46. The molecule has 0 fully saturated rings. The smallest absolute Gasteiger partial charge is 0.335 e. The monoisotopic (exact) mass is 683 g/mol. The van der Waals surface area contributed by atoms with Crippen LogP contribution in [0.5, 0.6) is 0 Å². The van der Waals surface area contributed by atoms with Crippen molar-refractivity contribution in [2.45, 2.75) is 45.0 Å². The Kier molecular flexibility index (Phi) is 8.38. The van der Waals surface area contributed by atoms with E-state index in [0.29, 0.717) is 28.0 Å². The van der Waals surface area contributed by atoms with E-state index >= 15 is 0 Å². The molecule has 230 valence electrons. The van der Waals surface area contributed by atoms with E-state index in [1.165, 1.54) is 5.06 Å². The van der Waals surface area contributed by atoms with E-state index in [1.54, 1.807) is 36.5 Å². The lowest BCUT2D eigenvalue weighted by Gasteiger charge is -2.44. The molecular weight excluding hydrogens is 657 g/mol. The largest absolute Gasteiger partial charge is 0.350 e. The van der Waals surface area contributed by atoms with Crippen molar-refractivity contribution in [3.63, 3.8) is 0 Å². The van der Waals surface area contributed by atoms with E-state index in [-0.39, 0.29) is 12.3 Å². The summed E-state index contributed by atoms with van der Waals surface area (Å²) in [4.78, 5) is 40.5. The normalized spacial score (nSPS) is 14.2. The molecule has 10 heteroatoms. The second kappa shape index (κ2) is 12.6. The van der Waals surface area contributed by atoms with Crippen LogP contribution in [0.3, 0.4) is 0 Å². The van der Waals surface area contributed by atoms with Crippen LogP contribution in [-0.2, 0) is 21.0 Å². The molecule has 0 aromatic heterocycles. The molecule has 1 atom stereocenters. The first-order valence-electron chi connectivity index (χ1n) is 14.6. The molecular formula is C36H27Cl2N3O3S2. The molecule has 0 radical (unpaired) electrons. The Bertz CT molecular complexity index is 1980. The summed E-state index contributed by atoms with van der Waals surface area (Å²) < 4.78 is 0. The zero-order chi connectivity index (χ0) is 31.8. The summed E-state index contributed by atoms with van der Waals surface area (Å²) in [5.41, 5.74) is 2.40. The van der Waals surface area contributed by atoms with E-state index in [0.717, 1.165) is 36.5 Å². The first-order valence-corrected chi connectivity index (χ1v) is 17.0. The quantitative estimate of drug-likeness (QED) is 0.183. The molecule has 5 aromatic carbocycles. The number of anilines is 4. The molecule has 1 unspecified atom stereocenters. The van der Waals surface area contributed by atoms with Crippen LogP contribution in [0.25, 0.3) is 0 Å². The Morgan fingerprint density at radius 1 is 0.696 bits per heavy atom. The number of nitrogens with zero attached hydrogens (tertiary/aromatic N) is 2. The van der Waals surface area contributed by atoms with Gasteiger partial charge in [-0.3, -0.25) is 4.79 Å². The molecule has 1 N–H and O–H groups in total. The highest BCUT2D eigenvalue weighted by molar-refractivity contribution is 8.00. The van der Waals surface area contributed by atoms with Gasteiger partial charge in [0.15, 0.2) is 0 Å². The molecule has 0 aliphatic carbocycles. The van der Waals surface area contributed by atoms with Gasteiger partial charge in [0, 0.05) is 36.2 Å². The number of amides is 1. The zero-order valence-corrected chi connectivity index (χ0v) is 27.7. The lowest BCUT2D eigenvalue weighted by molar-refractivity contribution is -0.147. The van der Waals surface area contributed by atoms with Gasteiger partial charge in [0.1, 0.15) is 5.54 Å². The van der Waals surface area contributed by atoms with Gasteiger partial charge < -0.3 is 15.1 Å². The standard InChI is InChI=1S/C36H27Cl2N3O3S2/c1-36(35(43)39-22-23-9-3-2-4-10-23,40-26-11-5-7-13-30(26)45-32-17-15-24(37)19-28(32)40)21-34(42)44-41-27-12-6-8-14-31(27)46-33-18-16-25(38)20-29(33)41/h2-20H,21-22H2,1H3,(H,39,43). The average Bonchev–Trinajstić information content (AvgIpc) is 3.06. The zero-order valence-electron chi connectivity index (χ0n) is 24.6. The second-order valence-corrected chi connectivity index (χ2v) is 14.1. The van der Waals surface area contributed by atoms with Gasteiger partial charge in [0.05, 0.1) is 29.2 Å². The van der Waals surface area contributed by atoms with Gasteiger partial charge in [-0.15, -0.1) is 0 Å². The van der Waals surface area contributed by atoms with Crippen molar-refractivity contribution in [3.05, 3.63) is 131 Å². The summed E-state index contributed by atoms with van der Waals surface area (Å²) in [6, 6.07) is 36.3. The first kappa shape index (κ1) is 30.6. The molecule has 2 aliphatic heterocycles. The Morgan fingerprint density at radius 2 is 1.24 bits per heavy atom. The minimum absolute atomic E-state index is 0.277. The summed E-state index contributed by atoms with van der Waals surface area (Å²) in [5.74, 6) is -0.928. The number of hydrogen-bond acceptors (Lipinski definition) is 7. The number of rotatable bonds is 7. The molecule has 2 heterocycles. The van der Waals surface area contributed by atoms with Crippen molar-refractivity contribution < 1.29 is 14.4 Å². The fraction of sp³-hybridized carbons (Fsp3) is 0.111. The maximum atomic E-state index is 14.5. The summed E-state index contributed by atoms with van der Waals surface area (Å²) >= 11 is 16.1. The molecule has 0 saturated heterocycles. The summed E-state index contributed by atoms with van der Waals surface area (Å²) in [5, 5.41) is 5.65. The van der Waals surface area contributed by atoms with Crippen molar-refractivity contribution in [1.29, 1.82) is 0 Å². The Balaban J connectivity index is 1.29. The SMILES string of the molecule is CC(CC(=O)ON1c2ccccc2Sc2ccc(Cl)cc21)(C(=O)NCc1ccccc1)N1c2ccccc2Sc2ccc(Cl)cc21. The summed E-state index contributed by atoms with van der Waals surface area (Å²) in [6.45, 7) is 2.07. The molecule has 1 amide bonds. The van der Waals surface area contributed by atoms with Crippen molar-refractivity contribution in [1.82, 2.24) is 5.32 Å². The van der Waals surface area contributed by atoms with Crippen molar-refractivity contribution in [3.8, 4) is 0 Å².